The van der Waals surface area contributed by atoms with Crippen molar-refractivity contribution in [2.45, 2.75) is 51.2 Å². The molecule has 1 N–H and O–H groups in total. The number of carbonyl (C=O) groups is 1. The van der Waals surface area contributed by atoms with E-state index in [-0.39, 0.29) is 10.5 Å². The highest BCUT2D eigenvalue weighted by molar-refractivity contribution is 6.74. The van der Waals surface area contributed by atoms with Gasteiger partial charge >= 0.3 is 7.41 Å². The number of morpholine rings is 1. The first-order chi connectivity index (χ1) is 20.8. The molecule has 1 fully saturated rings. The molecule has 1 aromatic carbocycles. The Balaban J connectivity index is 1.43. The van der Waals surface area contributed by atoms with Gasteiger partial charge in [-0.25, -0.2) is 15.0 Å². The van der Waals surface area contributed by atoms with Gasteiger partial charge in [-0.3, -0.25) is 0 Å². The van der Waals surface area contributed by atoms with Crippen molar-refractivity contribution in [3.8, 4) is 17.0 Å². The van der Waals surface area contributed by atoms with Crippen LogP contribution in [0.2, 0.25) is 23.2 Å². The molecule has 0 spiro atoms. The second-order valence-electron chi connectivity index (χ2n) is 13.1. The third kappa shape index (κ3) is 6.58. The lowest BCUT2D eigenvalue weighted by Crippen LogP contribution is -2.46. The summed E-state index contributed by atoms with van der Waals surface area (Å²) in [5, 5.41) is 3.97. The van der Waals surface area contributed by atoms with Crippen LogP contribution in [-0.4, -0.2) is 83.4 Å². The van der Waals surface area contributed by atoms with Crippen LogP contribution in [-0.2, 0) is 19.4 Å². The van der Waals surface area contributed by atoms with Crippen LogP contribution < -0.4 is 19.8 Å². The average Bonchev–Trinajstić information content (AvgIpc) is 3.27. The number of halogens is 1. The highest BCUT2D eigenvalue weighted by Crippen LogP contribution is 2.44. The van der Waals surface area contributed by atoms with Crippen molar-refractivity contribution in [2.24, 2.45) is 0 Å². The van der Waals surface area contributed by atoms with Crippen molar-refractivity contribution in [1.29, 1.82) is 0 Å². The molecule has 44 heavy (non-hydrogen) atoms. The molecule has 1 radical (unpaired) electrons. The fraction of sp³-hybridized carbons (Fsp3) is 0.484. The van der Waals surface area contributed by atoms with Crippen LogP contribution in [0.3, 0.4) is 0 Å². The number of ether oxygens (including phenoxy) is 2. The van der Waals surface area contributed by atoms with Gasteiger partial charge in [-0.1, -0.05) is 39.3 Å². The Morgan fingerprint density at radius 3 is 2.64 bits per heavy atom. The van der Waals surface area contributed by atoms with Gasteiger partial charge in [-0.2, -0.15) is 0 Å². The van der Waals surface area contributed by atoms with Crippen LogP contribution in [0.5, 0.6) is 5.75 Å². The number of carbonyl (C=O) groups excluding carboxylic acids is 1. The monoisotopic (exact) mass is 635 g/mol. The Labute approximate surface area is 266 Å². The number of hydrogen-bond acceptors (Lipinski definition) is 10. The molecule has 3 aromatic rings. The maximum atomic E-state index is 11.5. The van der Waals surface area contributed by atoms with Crippen LogP contribution in [0.1, 0.15) is 33.3 Å². The molecule has 2 aromatic heterocycles. The molecule has 0 amide bonds. The molecule has 5 rings (SSSR count). The molecule has 0 bridgehead atoms. The number of pyridine rings is 1. The predicted octanol–water partition coefficient (Wildman–Crippen LogP) is 5.69. The number of anilines is 4. The topological polar surface area (TPSA) is 102 Å². The first-order valence-corrected chi connectivity index (χ1v) is 18.1. The van der Waals surface area contributed by atoms with Gasteiger partial charge in [0.25, 0.3) is 0 Å². The van der Waals surface area contributed by atoms with E-state index < -0.39 is 8.32 Å². The fourth-order valence-corrected chi connectivity index (χ4v) is 6.63. The molecule has 233 valence electrons. The zero-order valence-electron chi connectivity index (χ0n) is 26.6. The Kier molecular flexibility index (Phi) is 9.27. The van der Waals surface area contributed by atoms with Crippen molar-refractivity contribution in [3.63, 3.8) is 0 Å². The first kappa shape index (κ1) is 32.2. The summed E-state index contributed by atoms with van der Waals surface area (Å²) < 4.78 is 17.9. The van der Waals surface area contributed by atoms with E-state index in [0.717, 1.165) is 41.9 Å². The van der Waals surface area contributed by atoms with Crippen molar-refractivity contribution >= 4 is 56.7 Å². The van der Waals surface area contributed by atoms with Crippen molar-refractivity contribution in [2.75, 3.05) is 61.6 Å². The minimum absolute atomic E-state index is 0.0829. The molecule has 2 aliphatic heterocycles. The van der Waals surface area contributed by atoms with Gasteiger partial charge in [0.15, 0.2) is 8.32 Å². The lowest BCUT2D eigenvalue weighted by Gasteiger charge is -2.39. The molecule has 1 atom stereocenters. The SMILES string of the molecule is COc1cc(N2CCOCC2)c(Cl)cc1Nc1nccc(-c2cnc3c(c2)C(C)(CO[Si](C)(C)C(C)(C)C)CN3[B]C=O)n1. The molecule has 0 aliphatic carbocycles. The number of rotatable bonds is 10. The van der Waals surface area contributed by atoms with E-state index in [2.05, 4.69) is 62.1 Å². The van der Waals surface area contributed by atoms with Gasteiger partial charge in [0.1, 0.15) is 17.8 Å². The van der Waals surface area contributed by atoms with E-state index >= 15 is 0 Å². The maximum Gasteiger partial charge on any atom is 0.330 e. The number of aromatic nitrogens is 3. The summed E-state index contributed by atoms with van der Waals surface area (Å²) >= 11 is 6.72. The summed E-state index contributed by atoms with van der Waals surface area (Å²) in [7, 11) is 1.16. The summed E-state index contributed by atoms with van der Waals surface area (Å²) in [5.74, 6) is 1.79. The fourth-order valence-electron chi connectivity index (χ4n) is 5.24. The standard InChI is InChI=1S/C31H41BClN6O4Si/c1-30(2,3)44(6,7)43-19-31(4)18-39(32-20-40)28-22(31)14-21(17-35-28)24-8-9-34-29(36-24)37-25-15-23(33)26(16-27(25)41-5)38-10-12-42-13-11-38/h8-9,14-17,20H,10-13,18-19H2,1-7H3,(H,34,36,37). The molecule has 13 heteroatoms. The Bertz CT molecular complexity index is 1520. The normalized spacial score (nSPS) is 18.6. The summed E-state index contributed by atoms with van der Waals surface area (Å²) in [4.78, 5) is 29.6. The van der Waals surface area contributed by atoms with Crippen LogP contribution in [0.15, 0.2) is 36.7 Å². The van der Waals surface area contributed by atoms with Crippen molar-refractivity contribution in [3.05, 3.63) is 47.2 Å². The van der Waals surface area contributed by atoms with Crippen molar-refractivity contribution in [1.82, 2.24) is 15.0 Å². The second kappa shape index (κ2) is 12.7. The number of fused-ring (bicyclic) bond motifs is 1. The Morgan fingerprint density at radius 2 is 1.95 bits per heavy atom. The third-order valence-corrected chi connectivity index (χ3v) is 13.7. The van der Waals surface area contributed by atoms with Crippen molar-refractivity contribution < 1.29 is 18.7 Å². The van der Waals surface area contributed by atoms with E-state index in [9.17, 15) is 4.79 Å². The van der Waals surface area contributed by atoms with Gasteiger partial charge in [0.05, 0.1) is 42.4 Å². The summed E-state index contributed by atoms with van der Waals surface area (Å²) in [6.07, 6.45) is 4.29. The summed E-state index contributed by atoms with van der Waals surface area (Å²) in [6, 6.07) is 7.73. The van der Waals surface area contributed by atoms with E-state index in [1.54, 1.807) is 26.9 Å². The van der Waals surface area contributed by atoms with E-state index in [0.29, 0.717) is 54.5 Å². The molecule has 0 saturated carbocycles. The molecule has 2 aliphatic rings. The average molecular weight is 636 g/mol. The quantitative estimate of drug-likeness (QED) is 0.221. The highest BCUT2D eigenvalue weighted by Gasteiger charge is 2.44. The molecule has 4 heterocycles. The Morgan fingerprint density at radius 1 is 1.20 bits per heavy atom. The number of methoxy groups -OCH3 is 1. The lowest BCUT2D eigenvalue weighted by molar-refractivity contribution is 0.122. The lowest BCUT2D eigenvalue weighted by atomic mass is 9.85. The minimum Gasteiger partial charge on any atom is -0.494 e. The molecule has 10 nitrogen and oxygen atoms in total. The van der Waals surface area contributed by atoms with Crippen LogP contribution in [0, 0.1) is 0 Å². The van der Waals surface area contributed by atoms with E-state index in [1.807, 2.05) is 23.0 Å². The molecular weight excluding hydrogens is 595 g/mol. The first-order valence-electron chi connectivity index (χ1n) is 14.9. The van der Waals surface area contributed by atoms with Gasteiger partial charge in [0.2, 0.25) is 5.95 Å². The smallest absolute Gasteiger partial charge is 0.330 e. The van der Waals surface area contributed by atoms with E-state index in [4.69, 9.17) is 35.5 Å². The van der Waals surface area contributed by atoms with Crippen LogP contribution >= 0.6 is 11.6 Å². The number of benzene rings is 1. The number of nitrogens with one attached hydrogen (secondary N) is 1. The third-order valence-electron chi connectivity index (χ3n) is 8.93. The molecule has 1 saturated heterocycles. The van der Waals surface area contributed by atoms with E-state index in [1.165, 1.54) is 0 Å². The number of hydrogen-bond donors (Lipinski definition) is 1. The van der Waals surface area contributed by atoms with Gasteiger partial charge in [0, 0.05) is 61.2 Å². The zero-order chi connectivity index (χ0) is 31.7. The van der Waals surface area contributed by atoms with Gasteiger partial charge < -0.3 is 33.7 Å². The zero-order valence-corrected chi connectivity index (χ0v) is 28.4. The maximum absolute atomic E-state index is 11.5. The summed E-state index contributed by atoms with van der Waals surface area (Å²) in [6.45, 7) is 17.4. The molecule has 1 unspecified atom stereocenters. The Hall–Kier alpha value is -3.19. The van der Waals surface area contributed by atoms with Gasteiger partial charge in [-0.15, -0.1) is 0 Å². The van der Waals surface area contributed by atoms with Gasteiger partial charge in [-0.05, 0) is 36.3 Å². The minimum atomic E-state index is -2.00. The predicted molar refractivity (Wildman–Crippen MR) is 180 cm³/mol. The second-order valence-corrected chi connectivity index (χ2v) is 18.3. The van der Waals surface area contributed by atoms with Crippen LogP contribution in [0.25, 0.3) is 11.3 Å². The molecular formula is C31H41BClN6O4Si. The largest absolute Gasteiger partial charge is 0.494 e. The highest BCUT2D eigenvalue weighted by atomic mass is 35.5. The number of nitrogens with zero attached hydrogens (tertiary/aromatic N) is 5. The summed E-state index contributed by atoms with van der Waals surface area (Å²) in [5.41, 5.74) is 3.76. The van der Waals surface area contributed by atoms with Crippen LogP contribution in [0.4, 0.5) is 23.1 Å².